The molecule has 0 amide bonds. The first-order chi connectivity index (χ1) is 14.6. The third-order valence-corrected chi connectivity index (χ3v) is 5.20. The van der Waals surface area contributed by atoms with Crippen LogP contribution >= 0.6 is 11.3 Å². The fraction of sp³-hybridized carbons (Fsp3) is 0.143. The zero-order chi connectivity index (χ0) is 20.9. The van der Waals surface area contributed by atoms with Crippen LogP contribution in [-0.4, -0.2) is 35.6 Å². The monoisotopic (exact) mass is 419 g/mol. The van der Waals surface area contributed by atoms with Gasteiger partial charge in [-0.2, -0.15) is 0 Å². The minimum absolute atomic E-state index is 0.0189. The highest BCUT2D eigenvalue weighted by atomic mass is 32.1. The number of aliphatic carboxylic acids is 1. The molecule has 1 aromatic carbocycles. The van der Waals surface area contributed by atoms with E-state index in [0.29, 0.717) is 39.7 Å². The fourth-order valence-corrected chi connectivity index (χ4v) is 3.68. The summed E-state index contributed by atoms with van der Waals surface area (Å²) in [5, 5.41) is 12.0. The van der Waals surface area contributed by atoms with Crippen molar-refractivity contribution in [1.82, 2.24) is 24.5 Å². The summed E-state index contributed by atoms with van der Waals surface area (Å²) in [6, 6.07) is 8.85. The van der Waals surface area contributed by atoms with Gasteiger partial charge in [-0.05, 0) is 36.8 Å². The predicted molar refractivity (Wildman–Crippen MR) is 115 cm³/mol. The summed E-state index contributed by atoms with van der Waals surface area (Å²) >= 11 is 1.42. The third-order valence-electron chi connectivity index (χ3n) is 4.35. The number of carboxylic acid groups (broad SMARTS) is 1. The van der Waals surface area contributed by atoms with E-state index in [1.807, 2.05) is 11.4 Å². The molecule has 3 aromatic heterocycles. The Labute approximate surface area is 175 Å². The van der Waals surface area contributed by atoms with Crippen molar-refractivity contribution in [2.45, 2.75) is 19.4 Å². The zero-order valence-electron chi connectivity index (χ0n) is 15.8. The molecule has 0 saturated carbocycles. The molecule has 0 aliphatic carbocycles. The minimum Gasteiger partial charge on any atom is -0.481 e. The molecular weight excluding hydrogens is 402 g/mol. The van der Waals surface area contributed by atoms with Gasteiger partial charge >= 0.3 is 5.97 Å². The van der Waals surface area contributed by atoms with Crippen LogP contribution in [0.5, 0.6) is 0 Å². The van der Waals surface area contributed by atoms with Crippen LogP contribution in [0.25, 0.3) is 33.9 Å². The van der Waals surface area contributed by atoms with Crippen molar-refractivity contribution in [2.75, 3.05) is 0 Å². The maximum Gasteiger partial charge on any atom is 0.303 e. The Hall–Kier alpha value is -3.72. The molecule has 8 nitrogen and oxygen atoms in total. The van der Waals surface area contributed by atoms with Gasteiger partial charge in [0.15, 0.2) is 10.8 Å². The molecule has 0 unspecified atom stereocenters. The highest BCUT2D eigenvalue weighted by molar-refractivity contribution is 7.13. The molecular formula is C21H17N5O3S. The number of carbonyl (C=O) groups is 1. The van der Waals surface area contributed by atoms with Crippen molar-refractivity contribution in [3.63, 3.8) is 0 Å². The van der Waals surface area contributed by atoms with Gasteiger partial charge in [0.25, 0.3) is 5.56 Å². The Morgan fingerprint density at radius 3 is 2.70 bits per heavy atom. The standard InChI is InChI=1S/C21H17N5O3S/c27-18(28)7-3-12-26-17(25-16-6-2-1-5-15(16)21(26)29)9-8-14-13-30-20(24-14)19-22-10-4-11-23-19/h1-2,4-6,8-11,13H,3,7,12H2,(H,27,28)/b9-8+. The number of hydrogen-bond acceptors (Lipinski definition) is 7. The number of thiazole rings is 1. The number of aromatic nitrogens is 5. The molecule has 0 spiro atoms. The van der Waals surface area contributed by atoms with Gasteiger partial charge in [-0.1, -0.05) is 12.1 Å². The number of carboxylic acids is 1. The lowest BCUT2D eigenvalue weighted by Gasteiger charge is -2.10. The first-order valence-corrected chi connectivity index (χ1v) is 10.1. The lowest BCUT2D eigenvalue weighted by Crippen LogP contribution is -2.24. The predicted octanol–water partition coefficient (Wildman–Crippen LogP) is 3.35. The minimum atomic E-state index is -0.896. The van der Waals surface area contributed by atoms with Gasteiger partial charge in [0, 0.05) is 30.7 Å². The van der Waals surface area contributed by atoms with E-state index in [9.17, 15) is 9.59 Å². The lowest BCUT2D eigenvalue weighted by atomic mass is 10.2. The van der Waals surface area contributed by atoms with Gasteiger partial charge in [0.1, 0.15) is 5.82 Å². The van der Waals surface area contributed by atoms with E-state index in [4.69, 9.17) is 5.11 Å². The zero-order valence-corrected chi connectivity index (χ0v) is 16.6. The summed E-state index contributed by atoms with van der Waals surface area (Å²) in [4.78, 5) is 41.3. The molecule has 0 fully saturated rings. The van der Waals surface area contributed by atoms with Gasteiger partial charge in [0.2, 0.25) is 0 Å². The molecule has 0 radical (unpaired) electrons. The van der Waals surface area contributed by atoms with E-state index in [-0.39, 0.29) is 18.5 Å². The topological polar surface area (TPSA) is 111 Å². The quantitative estimate of drug-likeness (QED) is 0.489. The molecule has 3 heterocycles. The van der Waals surface area contributed by atoms with Crippen LogP contribution < -0.4 is 5.56 Å². The van der Waals surface area contributed by atoms with Crippen LogP contribution in [0.3, 0.4) is 0 Å². The molecule has 9 heteroatoms. The number of benzene rings is 1. The maximum absolute atomic E-state index is 12.9. The first-order valence-electron chi connectivity index (χ1n) is 9.24. The second kappa shape index (κ2) is 8.75. The second-order valence-corrected chi connectivity index (χ2v) is 7.28. The SMILES string of the molecule is O=C(O)CCCn1c(/C=C/c2csc(-c3ncccn3)n2)nc2ccccc2c1=O. The number of hydrogen-bond donors (Lipinski definition) is 1. The molecule has 0 saturated heterocycles. The summed E-state index contributed by atoms with van der Waals surface area (Å²) in [6.07, 6.45) is 7.13. The summed E-state index contributed by atoms with van der Waals surface area (Å²) in [5.41, 5.74) is 1.09. The van der Waals surface area contributed by atoms with Crippen LogP contribution in [0.4, 0.5) is 0 Å². The average Bonchev–Trinajstić information content (AvgIpc) is 3.23. The van der Waals surface area contributed by atoms with E-state index >= 15 is 0 Å². The summed E-state index contributed by atoms with van der Waals surface area (Å²) in [5.74, 6) is 0.109. The Balaban J connectivity index is 1.68. The van der Waals surface area contributed by atoms with Crippen molar-refractivity contribution < 1.29 is 9.90 Å². The highest BCUT2D eigenvalue weighted by Gasteiger charge is 2.10. The van der Waals surface area contributed by atoms with E-state index < -0.39 is 5.97 Å². The Morgan fingerprint density at radius 2 is 1.90 bits per heavy atom. The van der Waals surface area contributed by atoms with E-state index in [2.05, 4.69) is 19.9 Å². The van der Waals surface area contributed by atoms with Crippen LogP contribution in [-0.2, 0) is 11.3 Å². The van der Waals surface area contributed by atoms with Crippen molar-refractivity contribution in [3.8, 4) is 10.8 Å². The number of rotatable bonds is 7. The normalized spacial score (nSPS) is 11.3. The molecule has 1 N–H and O–H groups in total. The molecule has 0 bridgehead atoms. The lowest BCUT2D eigenvalue weighted by molar-refractivity contribution is -0.137. The molecule has 30 heavy (non-hydrogen) atoms. The smallest absolute Gasteiger partial charge is 0.303 e. The number of para-hydroxylation sites is 1. The summed E-state index contributed by atoms with van der Waals surface area (Å²) in [6.45, 7) is 0.267. The fourth-order valence-electron chi connectivity index (χ4n) is 2.95. The highest BCUT2D eigenvalue weighted by Crippen LogP contribution is 2.21. The van der Waals surface area contributed by atoms with E-state index in [1.54, 1.807) is 48.8 Å². The van der Waals surface area contributed by atoms with Crippen molar-refractivity contribution in [3.05, 3.63) is 70.0 Å². The summed E-state index contributed by atoms with van der Waals surface area (Å²) < 4.78 is 1.51. The van der Waals surface area contributed by atoms with Crippen LogP contribution in [0.1, 0.15) is 24.4 Å². The molecule has 0 aliphatic rings. The Bertz CT molecular complexity index is 1280. The Kier molecular flexibility index (Phi) is 5.71. The van der Waals surface area contributed by atoms with Crippen molar-refractivity contribution in [1.29, 1.82) is 0 Å². The molecule has 4 aromatic rings. The van der Waals surface area contributed by atoms with Crippen LogP contribution in [0.15, 0.2) is 52.9 Å². The first kappa shape index (κ1) is 19.6. The van der Waals surface area contributed by atoms with Crippen molar-refractivity contribution in [2.24, 2.45) is 0 Å². The molecule has 0 atom stereocenters. The Morgan fingerprint density at radius 1 is 1.10 bits per heavy atom. The molecule has 150 valence electrons. The van der Waals surface area contributed by atoms with E-state index in [0.717, 1.165) is 0 Å². The van der Waals surface area contributed by atoms with Gasteiger partial charge in [-0.25, -0.2) is 19.9 Å². The number of fused-ring (bicyclic) bond motifs is 1. The van der Waals surface area contributed by atoms with Gasteiger partial charge in [0.05, 0.1) is 16.6 Å². The largest absolute Gasteiger partial charge is 0.481 e. The van der Waals surface area contributed by atoms with Crippen LogP contribution in [0.2, 0.25) is 0 Å². The maximum atomic E-state index is 12.9. The van der Waals surface area contributed by atoms with Crippen LogP contribution in [0, 0.1) is 0 Å². The molecule has 0 aliphatic heterocycles. The summed E-state index contributed by atoms with van der Waals surface area (Å²) in [7, 11) is 0. The average molecular weight is 419 g/mol. The molecule has 4 rings (SSSR count). The third kappa shape index (κ3) is 4.31. The second-order valence-electron chi connectivity index (χ2n) is 6.42. The van der Waals surface area contributed by atoms with Gasteiger partial charge < -0.3 is 5.11 Å². The van der Waals surface area contributed by atoms with E-state index in [1.165, 1.54) is 15.9 Å². The van der Waals surface area contributed by atoms with Gasteiger partial charge in [-0.15, -0.1) is 11.3 Å². The van der Waals surface area contributed by atoms with Gasteiger partial charge in [-0.3, -0.25) is 14.2 Å². The number of nitrogens with zero attached hydrogens (tertiary/aromatic N) is 5. The van der Waals surface area contributed by atoms with Crippen molar-refractivity contribution >= 4 is 40.4 Å².